The van der Waals surface area contributed by atoms with Crippen LogP contribution in [0.3, 0.4) is 0 Å². The van der Waals surface area contributed by atoms with E-state index in [0.717, 1.165) is 26.1 Å². The third-order valence-electron chi connectivity index (χ3n) is 5.56. The average molecular weight is 417 g/mol. The molecule has 1 N–H and O–H groups in total. The maximum absolute atomic E-state index is 10.9. The lowest BCUT2D eigenvalue weighted by Gasteiger charge is -2.43. The first-order valence-corrected chi connectivity index (χ1v) is 11.3. The van der Waals surface area contributed by atoms with Gasteiger partial charge in [0.1, 0.15) is 0 Å². The van der Waals surface area contributed by atoms with E-state index in [1.54, 1.807) is 0 Å². The molecule has 3 heteroatoms. The predicted octanol–water partition coefficient (Wildman–Crippen LogP) is 5.55. The molecule has 0 aliphatic heterocycles. The second-order valence-corrected chi connectivity index (χ2v) is 8.81. The van der Waals surface area contributed by atoms with Crippen LogP contribution in [-0.4, -0.2) is 33.8 Å². The smallest absolute Gasteiger partial charge is 0.0684 e. The standard InChI is InChI=1S/C28H36N2O/c1-23(2)20-30(28(24(3)31)19-25-13-7-4-8-14-25)29(21-26-15-9-5-10-16-26)22-27-17-11-6-12-18-27/h4-18,23-24,28,31H,19-22H2,1-3H3/t24-,28-/m0/s1. The third-order valence-corrected chi connectivity index (χ3v) is 5.56. The van der Waals surface area contributed by atoms with Gasteiger partial charge in [0, 0.05) is 19.6 Å². The highest BCUT2D eigenvalue weighted by atomic mass is 16.3. The van der Waals surface area contributed by atoms with Crippen molar-refractivity contribution >= 4 is 0 Å². The third kappa shape index (κ3) is 7.32. The van der Waals surface area contributed by atoms with Crippen molar-refractivity contribution in [3.8, 4) is 0 Å². The summed E-state index contributed by atoms with van der Waals surface area (Å²) in [5.74, 6) is 0.478. The van der Waals surface area contributed by atoms with Gasteiger partial charge in [-0.15, -0.1) is 0 Å². The van der Waals surface area contributed by atoms with E-state index in [-0.39, 0.29) is 6.04 Å². The van der Waals surface area contributed by atoms with E-state index in [2.05, 4.69) is 109 Å². The summed E-state index contributed by atoms with van der Waals surface area (Å²) in [7, 11) is 0. The van der Waals surface area contributed by atoms with Crippen LogP contribution in [-0.2, 0) is 19.5 Å². The Kier molecular flexibility index (Phi) is 8.84. The molecule has 2 atom stereocenters. The second-order valence-electron chi connectivity index (χ2n) is 8.81. The Labute approximate surface area is 187 Å². The van der Waals surface area contributed by atoms with Gasteiger partial charge in [-0.2, -0.15) is 0 Å². The molecule has 3 aromatic carbocycles. The van der Waals surface area contributed by atoms with Gasteiger partial charge in [0.25, 0.3) is 0 Å². The van der Waals surface area contributed by atoms with Crippen molar-refractivity contribution in [2.75, 3.05) is 6.54 Å². The van der Waals surface area contributed by atoms with Crippen molar-refractivity contribution in [1.82, 2.24) is 10.0 Å². The molecular weight excluding hydrogens is 380 g/mol. The van der Waals surface area contributed by atoms with Crippen molar-refractivity contribution in [1.29, 1.82) is 0 Å². The SMILES string of the molecule is CC(C)CN([C@@H](Cc1ccccc1)[C@H](C)O)N(Cc1ccccc1)Cc1ccccc1. The van der Waals surface area contributed by atoms with Crippen LogP contribution in [0.25, 0.3) is 0 Å². The Balaban J connectivity index is 1.94. The Morgan fingerprint density at radius 1 is 0.645 bits per heavy atom. The maximum Gasteiger partial charge on any atom is 0.0684 e. The van der Waals surface area contributed by atoms with Gasteiger partial charge in [-0.25, -0.2) is 10.0 Å². The zero-order valence-corrected chi connectivity index (χ0v) is 19.1. The predicted molar refractivity (Wildman–Crippen MR) is 129 cm³/mol. The molecule has 0 radical (unpaired) electrons. The molecule has 0 aromatic heterocycles. The summed E-state index contributed by atoms with van der Waals surface area (Å²) in [6.07, 6.45) is 0.360. The quantitative estimate of drug-likeness (QED) is 0.415. The Morgan fingerprint density at radius 2 is 1.06 bits per heavy atom. The van der Waals surface area contributed by atoms with Crippen molar-refractivity contribution in [2.45, 2.75) is 52.4 Å². The Morgan fingerprint density at radius 3 is 1.45 bits per heavy atom. The second kappa shape index (κ2) is 11.8. The minimum Gasteiger partial charge on any atom is -0.392 e. The molecule has 0 fully saturated rings. The molecule has 0 unspecified atom stereocenters. The first-order chi connectivity index (χ1) is 15.0. The van der Waals surface area contributed by atoms with Gasteiger partial charge in [-0.05, 0) is 36.0 Å². The molecule has 0 aliphatic rings. The molecular formula is C28H36N2O. The van der Waals surface area contributed by atoms with Gasteiger partial charge >= 0.3 is 0 Å². The van der Waals surface area contributed by atoms with E-state index in [1.807, 2.05) is 13.0 Å². The molecule has 0 amide bonds. The zero-order valence-electron chi connectivity index (χ0n) is 19.1. The number of aliphatic hydroxyl groups excluding tert-OH is 1. The molecule has 3 nitrogen and oxygen atoms in total. The van der Waals surface area contributed by atoms with Gasteiger partial charge in [-0.3, -0.25) is 0 Å². The number of hydrogen-bond donors (Lipinski definition) is 1. The van der Waals surface area contributed by atoms with Crippen LogP contribution in [0.1, 0.15) is 37.5 Å². The summed E-state index contributed by atoms with van der Waals surface area (Å²) >= 11 is 0. The first kappa shape index (κ1) is 23.2. The van der Waals surface area contributed by atoms with Crippen molar-refractivity contribution in [2.24, 2.45) is 5.92 Å². The minimum atomic E-state index is -0.451. The Bertz CT molecular complexity index is 824. The van der Waals surface area contributed by atoms with Crippen molar-refractivity contribution in [3.63, 3.8) is 0 Å². The van der Waals surface area contributed by atoms with E-state index in [1.165, 1.54) is 16.7 Å². The summed E-state index contributed by atoms with van der Waals surface area (Å²) < 4.78 is 0. The number of nitrogens with zero attached hydrogens (tertiary/aromatic N) is 2. The molecule has 0 heterocycles. The fourth-order valence-corrected chi connectivity index (χ4v) is 4.04. The number of rotatable bonds is 11. The van der Waals surface area contributed by atoms with Crippen LogP contribution in [0.4, 0.5) is 0 Å². The molecule has 0 bridgehead atoms. The van der Waals surface area contributed by atoms with Crippen LogP contribution < -0.4 is 0 Å². The molecule has 0 aliphatic carbocycles. The topological polar surface area (TPSA) is 26.7 Å². The van der Waals surface area contributed by atoms with E-state index in [0.29, 0.717) is 5.92 Å². The van der Waals surface area contributed by atoms with Crippen molar-refractivity contribution < 1.29 is 5.11 Å². The molecule has 0 spiro atoms. The van der Waals surface area contributed by atoms with Gasteiger partial charge in [-0.1, -0.05) is 105 Å². The normalized spacial score (nSPS) is 13.6. The molecule has 3 rings (SSSR count). The number of benzene rings is 3. The Hall–Kier alpha value is -2.46. The summed E-state index contributed by atoms with van der Waals surface area (Å²) in [6.45, 7) is 8.92. The van der Waals surface area contributed by atoms with Gasteiger partial charge in [0.15, 0.2) is 0 Å². The minimum absolute atomic E-state index is 0.00257. The summed E-state index contributed by atoms with van der Waals surface area (Å²) in [5, 5.41) is 15.7. The van der Waals surface area contributed by atoms with Gasteiger partial charge < -0.3 is 5.11 Å². The van der Waals surface area contributed by atoms with E-state index in [4.69, 9.17) is 0 Å². The van der Waals surface area contributed by atoms with E-state index >= 15 is 0 Å². The molecule has 0 saturated heterocycles. The largest absolute Gasteiger partial charge is 0.392 e. The summed E-state index contributed by atoms with van der Waals surface area (Å²) in [5.41, 5.74) is 3.80. The number of aliphatic hydroxyl groups is 1. The van der Waals surface area contributed by atoms with Crippen LogP contribution in [0.5, 0.6) is 0 Å². The molecule has 31 heavy (non-hydrogen) atoms. The highest BCUT2D eigenvalue weighted by Crippen LogP contribution is 2.21. The number of hydrogen-bond acceptors (Lipinski definition) is 3. The lowest BCUT2D eigenvalue weighted by molar-refractivity contribution is -0.112. The van der Waals surface area contributed by atoms with E-state index < -0.39 is 6.10 Å². The fourth-order valence-electron chi connectivity index (χ4n) is 4.04. The van der Waals surface area contributed by atoms with Crippen LogP contribution in [0.2, 0.25) is 0 Å². The van der Waals surface area contributed by atoms with Gasteiger partial charge in [0.05, 0.1) is 12.1 Å². The summed E-state index contributed by atoms with van der Waals surface area (Å²) in [6, 6.07) is 31.7. The highest BCUT2D eigenvalue weighted by molar-refractivity contribution is 5.18. The first-order valence-electron chi connectivity index (χ1n) is 11.3. The number of hydrazine groups is 1. The highest BCUT2D eigenvalue weighted by Gasteiger charge is 2.29. The van der Waals surface area contributed by atoms with Crippen LogP contribution in [0, 0.1) is 5.92 Å². The van der Waals surface area contributed by atoms with E-state index in [9.17, 15) is 5.11 Å². The zero-order chi connectivity index (χ0) is 22.1. The van der Waals surface area contributed by atoms with Crippen molar-refractivity contribution in [3.05, 3.63) is 108 Å². The summed E-state index contributed by atoms with van der Waals surface area (Å²) in [4.78, 5) is 0. The lowest BCUT2D eigenvalue weighted by atomic mass is 10.0. The molecule has 164 valence electrons. The maximum atomic E-state index is 10.9. The molecule has 3 aromatic rings. The fraction of sp³-hybridized carbons (Fsp3) is 0.357. The molecule has 0 saturated carbocycles. The van der Waals surface area contributed by atoms with Crippen LogP contribution >= 0.6 is 0 Å². The monoisotopic (exact) mass is 416 g/mol. The lowest BCUT2D eigenvalue weighted by Crippen LogP contribution is -2.54. The average Bonchev–Trinajstić information content (AvgIpc) is 2.77. The van der Waals surface area contributed by atoms with Crippen LogP contribution in [0.15, 0.2) is 91.0 Å². The van der Waals surface area contributed by atoms with Gasteiger partial charge in [0.2, 0.25) is 0 Å².